The molecule has 4 fully saturated rings. The number of hydrogen-bond acceptors (Lipinski definition) is 3. The Balaban J connectivity index is 1.56. The van der Waals surface area contributed by atoms with E-state index in [1.165, 1.54) is 24.1 Å². The third kappa shape index (κ3) is 1.31. The lowest BCUT2D eigenvalue weighted by Gasteiger charge is -2.57. The number of anilines is 1. The van der Waals surface area contributed by atoms with Crippen LogP contribution in [-0.2, 0) is 14.9 Å². The summed E-state index contributed by atoms with van der Waals surface area (Å²) >= 11 is 0. The smallest absolute Gasteiger partial charge is 0.229 e. The molecule has 1 aromatic carbocycles. The first kappa shape index (κ1) is 13.4. The van der Waals surface area contributed by atoms with Crippen molar-refractivity contribution in [3.05, 3.63) is 41.6 Å². The third-order valence-corrected chi connectivity index (χ3v) is 8.16. The van der Waals surface area contributed by atoms with E-state index in [0.717, 1.165) is 19.6 Å². The van der Waals surface area contributed by atoms with E-state index in [-0.39, 0.29) is 17.4 Å². The van der Waals surface area contributed by atoms with Crippen molar-refractivity contribution in [1.29, 1.82) is 0 Å². The molecular weight excluding hydrogens is 312 g/mol. The number of carbonyl (C=O) groups is 1. The van der Waals surface area contributed by atoms with Gasteiger partial charge in [0.25, 0.3) is 0 Å². The van der Waals surface area contributed by atoms with Gasteiger partial charge in [-0.05, 0) is 48.6 Å². The standard InChI is InChI=1S/C21H22N2O2/c24-18-10-16-19-13-9-17-21(6-7-22(17)11-12(13)5-8-25-16)14-3-1-2-4-15(14)23(18)20(19)21/h1-4,11,13,16-17,19-20H,5-10H2/t13-,16-,17+,19+,20-,21+/m0/s1. The van der Waals surface area contributed by atoms with Crippen LogP contribution in [0.25, 0.3) is 0 Å². The first-order valence-electron chi connectivity index (χ1n) is 9.78. The molecule has 4 heteroatoms. The van der Waals surface area contributed by atoms with Gasteiger partial charge in [0.15, 0.2) is 0 Å². The Morgan fingerprint density at radius 1 is 1.24 bits per heavy atom. The van der Waals surface area contributed by atoms with E-state index in [9.17, 15) is 4.79 Å². The highest BCUT2D eigenvalue weighted by Crippen LogP contribution is 2.65. The summed E-state index contributed by atoms with van der Waals surface area (Å²) in [6.07, 6.45) is 6.62. The lowest BCUT2D eigenvalue weighted by atomic mass is 9.54. The molecule has 128 valence electrons. The number of piperidine rings is 1. The number of ether oxygens (including phenoxy) is 1. The summed E-state index contributed by atoms with van der Waals surface area (Å²) in [6, 6.07) is 9.59. The fourth-order valence-electron chi connectivity index (χ4n) is 7.46. The number of benzene rings is 1. The molecule has 2 bridgehead atoms. The Morgan fingerprint density at radius 3 is 3.12 bits per heavy atom. The number of rotatable bonds is 0. The normalized spacial score (nSPS) is 45.2. The molecule has 6 atom stereocenters. The van der Waals surface area contributed by atoms with Gasteiger partial charge in [-0.15, -0.1) is 0 Å². The summed E-state index contributed by atoms with van der Waals surface area (Å²) in [5.41, 5.74) is 4.32. The first-order valence-corrected chi connectivity index (χ1v) is 9.78. The van der Waals surface area contributed by atoms with Crippen LogP contribution in [0.2, 0.25) is 0 Å². The van der Waals surface area contributed by atoms with Crippen LogP contribution in [0, 0.1) is 11.8 Å². The molecule has 1 amide bonds. The Labute approximate surface area is 147 Å². The van der Waals surface area contributed by atoms with Crippen LogP contribution >= 0.6 is 0 Å². The molecule has 7 rings (SSSR count). The van der Waals surface area contributed by atoms with Crippen LogP contribution in [0.5, 0.6) is 0 Å². The number of hydrogen-bond donors (Lipinski definition) is 0. The number of carbonyl (C=O) groups excluding carboxylic acids is 1. The SMILES string of the molecule is O=C1C[C@@H]2OCCC3=CN4CC[C@]56c7ccccc7N1[C@H]5[C@@H]2[C@H]3C[C@@H]46. The van der Waals surface area contributed by atoms with E-state index in [1.54, 1.807) is 5.57 Å². The van der Waals surface area contributed by atoms with Crippen LogP contribution in [0.3, 0.4) is 0 Å². The maximum absolute atomic E-state index is 13.2. The van der Waals surface area contributed by atoms with Gasteiger partial charge >= 0.3 is 0 Å². The summed E-state index contributed by atoms with van der Waals surface area (Å²) in [7, 11) is 0. The quantitative estimate of drug-likeness (QED) is 0.731. The molecule has 6 aliphatic rings. The fraction of sp³-hybridized carbons (Fsp3) is 0.571. The summed E-state index contributed by atoms with van der Waals surface area (Å²) in [6.45, 7) is 1.91. The zero-order valence-electron chi connectivity index (χ0n) is 14.2. The first-order chi connectivity index (χ1) is 12.3. The molecule has 0 aromatic heterocycles. The molecule has 0 radical (unpaired) electrons. The van der Waals surface area contributed by atoms with E-state index in [4.69, 9.17) is 4.74 Å². The van der Waals surface area contributed by atoms with Crippen molar-refractivity contribution in [2.75, 3.05) is 18.1 Å². The van der Waals surface area contributed by atoms with Crippen molar-refractivity contribution in [3.63, 3.8) is 0 Å². The van der Waals surface area contributed by atoms with Crippen molar-refractivity contribution in [1.82, 2.24) is 4.90 Å². The summed E-state index contributed by atoms with van der Waals surface area (Å²) < 4.78 is 6.29. The van der Waals surface area contributed by atoms with Crippen LogP contribution in [0.1, 0.15) is 31.2 Å². The molecule has 4 nitrogen and oxygen atoms in total. The zero-order chi connectivity index (χ0) is 16.3. The Kier molecular flexibility index (Phi) is 2.21. The average Bonchev–Trinajstić information content (AvgIpc) is 3.10. The van der Waals surface area contributed by atoms with E-state index < -0.39 is 0 Å². The Bertz CT molecular complexity index is 848. The molecule has 1 spiro atoms. The molecule has 0 N–H and O–H groups in total. The minimum atomic E-state index is 0.113. The van der Waals surface area contributed by atoms with Gasteiger partial charge in [0.2, 0.25) is 5.91 Å². The summed E-state index contributed by atoms with van der Waals surface area (Å²) in [4.78, 5) is 18.0. The number of fused-ring (bicyclic) bond motifs is 2. The second kappa shape index (κ2) is 4.12. The number of nitrogens with zero attached hydrogens (tertiary/aromatic N) is 2. The van der Waals surface area contributed by atoms with E-state index in [2.05, 4.69) is 40.3 Å². The summed E-state index contributed by atoms with van der Waals surface area (Å²) in [5, 5.41) is 0. The van der Waals surface area contributed by atoms with E-state index in [0.29, 0.717) is 30.3 Å². The van der Waals surface area contributed by atoms with Crippen LogP contribution in [-0.4, -0.2) is 42.1 Å². The molecule has 0 unspecified atom stereocenters. The van der Waals surface area contributed by atoms with Gasteiger partial charge in [-0.1, -0.05) is 18.2 Å². The molecule has 5 aliphatic heterocycles. The summed E-state index contributed by atoms with van der Waals surface area (Å²) in [5.74, 6) is 1.35. The lowest BCUT2D eigenvalue weighted by Crippen LogP contribution is -2.68. The van der Waals surface area contributed by atoms with E-state index >= 15 is 0 Å². The maximum Gasteiger partial charge on any atom is 0.229 e. The minimum absolute atomic E-state index is 0.113. The zero-order valence-corrected chi connectivity index (χ0v) is 14.2. The third-order valence-electron chi connectivity index (χ3n) is 8.16. The van der Waals surface area contributed by atoms with Crippen LogP contribution in [0.4, 0.5) is 5.69 Å². The minimum Gasteiger partial charge on any atom is -0.377 e. The second-order valence-electron chi connectivity index (χ2n) is 8.76. The maximum atomic E-state index is 13.2. The molecule has 5 heterocycles. The van der Waals surface area contributed by atoms with Gasteiger partial charge < -0.3 is 14.5 Å². The predicted molar refractivity (Wildman–Crippen MR) is 93.2 cm³/mol. The fourth-order valence-corrected chi connectivity index (χ4v) is 7.46. The van der Waals surface area contributed by atoms with Crippen LogP contribution < -0.4 is 4.90 Å². The molecule has 1 saturated carbocycles. The molecule has 25 heavy (non-hydrogen) atoms. The number of amides is 1. The van der Waals surface area contributed by atoms with Gasteiger partial charge in [-0.25, -0.2) is 0 Å². The van der Waals surface area contributed by atoms with Crippen LogP contribution in [0.15, 0.2) is 36.0 Å². The molecule has 1 aliphatic carbocycles. The molecule has 1 aromatic rings. The monoisotopic (exact) mass is 334 g/mol. The second-order valence-corrected chi connectivity index (χ2v) is 8.76. The van der Waals surface area contributed by atoms with Crippen molar-refractivity contribution >= 4 is 11.6 Å². The Hall–Kier alpha value is -1.81. The molecule has 3 saturated heterocycles. The van der Waals surface area contributed by atoms with Gasteiger partial charge in [-0.2, -0.15) is 0 Å². The van der Waals surface area contributed by atoms with E-state index in [1.807, 2.05) is 0 Å². The largest absolute Gasteiger partial charge is 0.377 e. The topological polar surface area (TPSA) is 32.8 Å². The highest BCUT2D eigenvalue weighted by molar-refractivity contribution is 5.99. The number of para-hydroxylation sites is 1. The van der Waals surface area contributed by atoms with Crippen molar-refractivity contribution < 1.29 is 9.53 Å². The predicted octanol–water partition coefficient (Wildman–Crippen LogP) is 2.44. The van der Waals surface area contributed by atoms with Gasteiger partial charge in [-0.3, -0.25) is 4.79 Å². The Morgan fingerprint density at radius 2 is 2.16 bits per heavy atom. The van der Waals surface area contributed by atoms with Crippen molar-refractivity contribution in [2.45, 2.75) is 49.3 Å². The van der Waals surface area contributed by atoms with Gasteiger partial charge in [0, 0.05) is 29.6 Å². The van der Waals surface area contributed by atoms with Crippen molar-refractivity contribution in [3.8, 4) is 0 Å². The highest BCUT2D eigenvalue weighted by atomic mass is 16.5. The van der Waals surface area contributed by atoms with Crippen molar-refractivity contribution in [2.24, 2.45) is 11.8 Å². The highest BCUT2D eigenvalue weighted by Gasteiger charge is 2.70. The van der Waals surface area contributed by atoms with Gasteiger partial charge in [0.1, 0.15) is 0 Å². The molecular formula is C21H22N2O2. The average molecular weight is 334 g/mol. The van der Waals surface area contributed by atoms with Gasteiger partial charge in [0.05, 0.1) is 25.2 Å². The lowest BCUT2D eigenvalue weighted by molar-refractivity contribution is -0.131.